The van der Waals surface area contributed by atoms with E-state index in [1.807, 2.05) is 0 Å². The first-order valence-corrected chi connectivity index (χ1v) is 30.7. The van der Waals surface area contributed by atoms with Crippen molar-refractivity contribution >= 4 is 86.2 Å². The highest BCUT2D eigenvalue weighted by Crippen LogP contribution is 2.61. The van der Waals surface area contributed by atoms with Crippen LogP contribution in [0.2, 0.25) is 0 Å². The van der Waals surface area contributed by atoms with Crippen molar-refractivity contribution in [2.75, 3.05) is 0 Å². The Balaban J connectivity index is 1.15. The van der Waals surface area contributed by atoms with Crippen LogP contribution in [-0.2, 0) is 27.1 Å². The molecular formula is C84H76. The molecular weight excluding hydrogens is 1010 g/mol. The summed E-state index contributed by atoms with van der Waals surface area (Å²) in [5.74, 6) is 0. The van der Waals surface area contributed by atoms with Crippen molar-refractivity contribution in [2.24, 2.45) is 0 Å². The van der Waals surface area contributed by atoms with E-state index in [4.69, 9.17) is 0 Å². The first kappa shape index (κ1) is 52.5. The van der Waals surface area contributed by atoms with Crippen LogP contribution < -0.4 is 0 Å². The van der Waals surface area contributed by atoms with Crippen LogP contribution in [0.5, 0.6) is 0 Å². The first-order valence-electron chi connectivity index (χ1n) is 30.7. The molecule has 0 unspecified atom stereocenters. The lowest BCUT2D eigenvalue weighted by Crippen LogP contribution is -2.16. The fourth-order valence-electron chi connectivity index (χ4n) is 14.8. The van der Waals surface area contributed by atoms with E-state index in [1.54, 1.807) is 0 Å². The summed E-state index contributed by atoms with van der Waals surface area (Å²) in [7, 11) is 0. The minimum atomic E-state index is -0.0755. The molecule has 0 saturated carbocycles. The Kier molecular flexibility index (Phi) is 11.0. The number of hydrogen-bond donors (Lipinski definition) is 0. The third kappa shape index (κ3) is 7.71. The molecule has 15 rings (SSSR count). The van der Waals surface area contributed by atoms with E-state index in [-0.39, 0.29) is 27.1 Å². The summed E-state index contributed by atoms with van der Waals surface area (Å²) in [5, 5.41) is 21.2. The average Bonchev–Trinajstić information content (AvgIpc) is 1.63. The molecule has 0 bridgehead atoms. The second kappa shape index (κ2) is 17.6. The van der Waals surface area contributed by atoms with Crippen molar-refractivity contribution in [3.63, 3.8) is 0 Å². The van der Waals surface area contributed by atoms with Crippen molar-refractivity contribution in [3.8, 4) is 66.8 Å². The zero-order valence-corrected chi connectivity index (χ0v) is 51.9. The van der Waals surface area contributed by atoms with Gasteiger partial charge in [-0.25, -0.2) is 0 Å². The molecule has 412 valence electrons. The molecule has 0 amide bonds. The predicted octanol–water partition coefficient (Wildman–Crippen LogP) is 24.6. The van der Waals surface area contributed by atoms with Gasteiger partial charge in [-0.1, -0.05) is 274 Å². The van der Waals surface area contributed by atoms with Gasteiger partial charge in [0.05, 0.1) is 0 Å². The van der Waals surface area contributed by atoms with Gasteiger partial charge in [-0.15, -0.1) is 0 Å². The highest BCUT2D eigenvalue weighted by atomic mass is 14.4. The maximum atomic E-state index is 2.65. The summed E-state index contributed by atoms with van der Waals surface area (Å²) < 4.78 is 0. The highest BCUT2D eigenvalue weighted by Gasteiger charge is 2.35. The van der Waals surface area contributed by atoms with Gasteiger partial charge in [0.2, 0.25) is 0 Å². The maximum Gasteiger partial charge on any atom is -0.000740 e. The number of rotatable bonds is 4. The molecule has 0 aromatic heterocycles. The molecule has 0 N–H and O–H groups in total. The zero-order chi connectivity index (χ0) is 58.5. The summed E-state index contributed by atoms with van der Waals surface area (Å²) in [6.45, 7) is 35.6. The van der Waals surface area contributed by atoms with Gasteiger partial charge in [0, 0.05) is 0 Å². The van der Waals surface area contributed by atoms with E-state index >= 15 is 0 Å². The monoisotopic (exact) mass is 1080 g/mol. The number of hydrogen-bond acceptors (Lipinski definition) is 0. The molecule has 1 aliphatic rings. The van der Waals surface area contributed by atoms with Gasteiger partial charge in [0.25, 0.3) is 0 Å². The van der Waals surface area contributed by atoms with Crippen molar-refractivity contribution in [1.29, 1.82) is 0 Å². The fourth-order valence-corrected chi connectivity index (χ4v) is 14.8. The molecule has 0 heterocycles. The average molecular weight is 1090 g/mol. The van der Waals surface area contributed by atoms with E-state index in [9.17, 15) is 0 Å². The van der Waals surface area contributed by atoms with Gasteiger partial charge in [0.1, 0.15) is 0 Å². The summed E-state index contributed by atoms with van der Waals surface area (Å²) in [5.41, 5.74) is 22.2. The summed E-state index contributed by atoms with van der Waals surface area (Å²) in [6, 6.07) is 74.3. The standard InChI is InChI=1S/C84H76/c1-80(2,3)52-32-33-59-66(44-52)71(49-26-20-17-21-27-49)79-63-37-35-58-65-46-68-67(45-64(65)57-34-36-62(75(63)74(57)58)78(79)70(59)48-24-18-16-19-25-48)72(50-38-53(81(4,5)6)42-54(39-50)82(7,8)9)76-60-30-22-28-47-29-23-31-61(69(47)60)77(76)73(68)51-40-55(83(10,11)12)43-56(41-51)84(13,14)15/h16-46H,1-15H3. The largest absolute Gasteiger partial charge is 0.0622 e. The molecule has 1 aliphatic carbocycles. The van der Waals surface area contributed by atoms with Crippen LogP contribution in [0, 0.1) is 0 Å². The third-order valence-corrected chi connectivity index (χ3v) is 19.4. The van der Waals surface area contributed by atoms with Crippen LogP contribution in [0.25, 0.3) is 153 Å². The lowest BCUT2D eigenvalue weighted by molar-refractivity contribution is 0.568. The van der Waals surface area contributed by atoms with E-state index in [1.165, 1.54) is 181 Å². The summed E-state index contributed by atoms with van der Waals surface area (Å²) in [4.78, 5) is 0. The smallest absolute Gasteiger partial charge is 0.000740 e. The molecule has 14 aromatic carbocycles. The molecule has 0 fully saturated rings. The van der Waals surface area contributed by atoms with Crippen LogP contribution in [0.4, 0.5) is 0 Å². The topological polar surface area (TPSA) is 0 Å². The number of benzene rings is 12. The van der Waals surface area contributed by atoms with E-state index in [2.05, 4.69) is 292 Å². The van der Waals surface area contributed by atoms with Crippen molar-refractivity contribution in [2.45, 2.75) is 131 Å². The van der Waals surface area contributed by atoms with E-state index in [0.717, 1.165) is 0 Å². The van der Waals surface area contributed by atoms with E-state index < -0.39 is 0 Å². The fraction of sp³-hybridized carbons (Fsp3) is 0.238. The third-order valence-electron chi connectivity index (χ3n) is 19.4. The molecule has 0 saturated heterocycles. The van der Waals surface area contributed by atoms with Crippen molar-refractivity contribution < 1.29 is 0 Å². The SMILES string of the molecule is CC(C)(C)c1cc(-c2c3cc4c(cc3c(-c3cc(C(C)(C)C)cc(C(C)(C)C)c3)c3c5cccc6cccc(c23)c65)c2ccc3c5c(ccc4c52)-c2c-3c(-c3ccccc3)c3cc(C(C)(C)C)ccc3c2-c2ccccc2)cc(C(C)(C)C)c1. The quantitative estimate of drug-likeness (QED) is 0.165. The maximum absolute atomic E-state index is 2.65. The van der Waals surface area contributed by atoms with Crippen molar-refractivity contribution in [1.82, 2.24) is 0 Å². The first-order chi connectivity index (χ1) is 39.8. The number of fused-ring (bicyclic) bond motifs is 11. The van der Waals surface area contributed by atoms with Gasteiger partial charge >= 0.3 is 0 Å². The lowest BCUT2D eigenvalue weighted by Gasteiger charge is -2.28. The van der Waals surface area contributed by atoms with Crippen LogP contribution in [0.3, 0.4) is 0 Å². The molecule has 0 spiro atoms. The van der Waals surface area contributed by atoms with Crippen molar-refractivity contribution in [3.05, 3.63) is 216 Å². The Morgan fingerprint density at radius 1 is 0.190 bits per heavy atom. The van der Waals surface area contributed by atoms with Gasteiger partial charge in [0.15, 0.2) is 0 Å². The lowest BCUT2D eigenvalue weighted by atomic mass is 9.76. The Morgan fingerprint density at radius 3 is 0.976 bits per heavy atom. The summed E-state index contributed by atoms with van der Waals surface area (Å²) >= 11 is 0. The molecule has 0 heteroatoms. The second-order valence-corrected chi connectivity index (χ2v) is 30.1. The van der Waals surface area contributed by atoms with Crippen LogP contribution >= 0.6 is 0 Å². The van der Waals surface area contributed by atoms with Gasteiger partial charge in [-0.3, -0.25) is 0 Å². The summed E-state index contributed by atoms with van der Waals surface area (Å²) in [6.07, 6.45) is 0. The van der Waals surface area contributed by atoms with Crippen LogP contribution in [0.15, 0.2) is 188 Å². The highest BCUT2D eigenvalue weighted by molar-refractivity contribution is 6.43. The van der Waals surface area contributed by atoms with Crippen LogP contribution in [-0.4, -0.2) is 0 Å². The Labute approximate surface area is 496 Å². The molecule has 14 aromatic rings. The zero-order valence-electron chi connectivity index (χ0n) is 51.9. The second-order valence-electron chi connectivity index (χ2n) is 30.1. The Hall–Kier alpha value is -8.32. The normalized spacial score (nSPS) is 13.4. The molecule has 0 aliphatic heterocycles. The van der Waals surface area contributed by atoms with Gasteiger partial charge in [-0.2, -0.15) is 0 Å². The predicted molar refractivity (Wildman–Crippen MR) is 369 cm³/mol. The Morgan fingerprint density at radius 2 is 0.571 bits per heavy atom. The van der Waals surface area contributed by atoms with Gasteiger partial charge in [-0.05, 0) is 226 Å². The minimum absolute atomic E-state index is 0.0277. The molecule has 84 heavy (non-hydrogen) atoms. The Bertz CT molecular complexity index is 4840. The van der Waals surface area contributed by atoms with Gasteiger partial charge < -0.3 is 0 Å². The molecule has 0 atom stereocenters. The van der Waals surface area contributed by atoms with Crippen LogP contribution in [0.1, 0.15) is 132 Å². The molecule has 0 nitrogen and oxygen atoms in total. The molecule has 0 radical (unpaired) electrons. The van der Waals surface area contributed by atoms with E-state index in [0.29, 0.717) is 0 Å². The minimum Gasteiger partial charge on any atom is -0.0622 e.